The molecule has 0 fully saturated rings. The van der Waals surface area contributed by atoms with Gasteiger partial charge in [0.15, 0.2) is 17.2 Å². The second-order valence-electron chi connectivity index (χ2n) is 4.64. The minimum Gasteiger partial charge on any atom is -0.463 e. The van der Waals surface area contributed by atoms with Crippen LogP contribution in [0.3, 0.4) is 0 Å². The van der Waals surface area contributed by atoms with Gasteiger partial charge in [-0.15, -0.1) is 0 Å². The quantitative estimate of drug-likeness (QED) is 0.522. The average Bonchev–Trinajstić information content (AvgIpc) is 3.32. The van der Waals surface area contributed by atoms with E-state index in [2.05, 4.69) is 24.8 Å². The number of hydrogen-bond donors (Lipinski definition) is 0. The van der Waals surface area contributed by atoms with Crippen molar-refractivity contribution in [3.8, 4) is 29.0 Å². The van der Waals surface area contributed by atoms with Crippen LogP contribution in [0.4, 0.5) is 5.82 Å². The molecule has 0 saturated heterocycles. The molecule has 8 nitrogen and oxygen atoms in total. The Labute approximate surface area is 134 Å². The van der Waals surface area contributed by atoms with E-state index in [0.717, 1.165) is 0 Å². The molecule has 4 rings (SSSR count). The van der Waals surface area contributed by atoms with Crippen molar-refractivity contribution in [3.05, 3.63) is 53.9 Å². The number of fused-ring (bicyclic) bond motifs is 1. The zero-order chi connectivity index (χ0) is 16.5. The highest BCUT2D eigenvalue weighted by molar-refractivity contribution is 5.81. The zero-order valence-electron chi connectivity index (χ0n) is 12.0. The third-order valence-electron chi connectivity index (χ3n) is 3.22. The fourth-order valence-corrected chi connectivity index (χ4v) is 2.20. The molecule has 0 aromatic carbocycles. The third kappa shape index (κ3) is 2.07. The molecular weight excluding hydrogens is 308 g/mol. The number of furan rings is 2. The second-order valence-corrected chi connectivity index (χ2v) is 4.64. The van der Waals surface area contributed by atoms with E-state index >= 15 is 0 Å². The molecule has 112 valence electrons. The average molecular weight is 314 g/mol. The maximum atomic E-state index is 9.09. The van der Waals surface area contributed by atoms with Crippen LogP contribution in [-0.2, 0) is 0 Å². The topological polar surface area (TPSA) is 106 Å². The maximum Gasteiger partial charge on any atom is 0.308 e. The predicted molar refractivity (Wildman–Crippen MR) is 81.5 cm³/mol. The molecule has 0 saturated carbocycles. The van der Waals surface area contributed by atoms with E-state index in [1.54, 1.807) is 24.3 Å². The van der Waals surface area contributed by atoms with Crippen molar-refractivity contribution in [1.82, 2.24) is 19.9 Å². The Morgan fingerprint density at radius 2 is 1.50 bits per heavy atom. The minimum absolute atomic E-state index is 0.0945. The maximum absolute atomic E-state index is 9.09. The first-order chi connectivity index (χ1) is 11.8. The Morgan fingerprint density at radius 1 is 0.917 bits per heavy atom. The highest BCUT2D eigenvalue weighted by Gasteiger charge is 2.21. The van der Waals surface area contributed by atoms with E-state index in [0.29, 0.717) is 22.9 Å². The second kappa shape index (κ2) is 5.30. The summed E-state index contributed by atoms with van der Waals surface area (Å²) in [4.78, 5) is 20.2. The van der Waals surface area contributed by atoms with Gasteiger partial charge in [0.05, 0.1) is 12.5 Å². The van der Waals surface area contributed by atoms with Crippen LogP contribution in [0.25, 0.3) is 39.0 Å². The molecule has 0 spiro atoms. The lowest BCUT2D eigenvalue weighted by molar-refractivity contribution is 0.572. The zero-order valence-corrected chi connectivity index (χ0v) is 12.0. The largest absolute Gasteiger partial charge is 0.463 e. The van der Waals surface area contributed by atoms with Crippen LogP contribution in [0, 0.1) is 17.9 Å². The monoisotopic (exact) mass is 314 g/mol. The number of hydrogen-bond acceptors (Lipinski definition) is 7. The molecule has 4 aromatic heterocycles. The van der Waals surface area contributed by atoms with E-state index in [4.69, 9.17) is 20.7 Å². The van der Waals surface area contributed by atoms with Gasteiger partial charge in [-0.25, -0.2) is 9.97 Å². The van der Waals surface area contributed by atoms with Gasteiger partial charge in [-0.05, 0) is 24.3 Å². The first-order valence-corrected chi connectivity index (χ1v) is 6.75. The molecule has 0 aliphatic carbocycles. The molecule has 0 unspecified atom stereocenters. The summed E-state index contributed by atoms with van der Waals surface area (Å²) in [6.07, 6.45) is 3.03. The van der Waals surface area contributed by atoms with Gasteiger partial charge < -0.3 is 13.7 Å². The van der Waals surface area contributed by atoms with Crippen LogP contribution in [-0.4, -0.2) is 19.9 Å². The van der Waals surface area contributed by atoms with Crippen molar-refractivity contribution in [2.24, 2.45) is 0 Å². The molecule has 0 aliphatic rings. The summed E-state index contributed by atoms with van der Waals surface area (Å²) in [5, 5.41) is 9.09. The Balaban J connectivity index is 2.07. The van der Waals surface area contributed by atoms with Gasteiger partial charge in [-0.1, -0.05) is 11.6 Å². The fraction of sp³-hybridized carbons (Fsp3) is 0. The van der Waals surface area contributed by atoms with Gasteiger partial charge in [-0.3, -0.25) is 0 Å². The van der Waals surface area contributed by atoms with Crippen LogP contribution >= 0.6 is 0 Å². The predicted octanol–water partition coefficient (Wildman–Crippen LogP) is 3.36. The molecule has 8 heteroatoms. The summed E-state index contributed by atoms with van der Waals surface area (Å²) in [7, 11) is 0. The van der Waals surface area contributed by atoms with Gasteiger partial charge >= 0.3 is 5.82 Å². The van der Waals surface area contributed by atoms with E-state index in [1.807, 2.05) is 6.07 Å². The normalized spacial score (nSPS) is 10.4. The van der Waals surface area contributed by atoms with Crippen molar-refractivity contribution >= 4 is 17.1 Å². The van der Waals surface area contributed by atoms with Crippen molar-refractivity contribution in [2.75, 3.05) is 0 Å². The number of nitrogens with zero attached hydrogens (tertiary/aromatic N) is 6. The minimum atomic E-state index is -0.115. The summed E-state index contributed by atoms with van der Waals surface area (Å²) in [6, 6.07) is 8.75. The molecule has 0 bridgehead atoms. The lowest BCUT2D eigenvalue weighted by Gasteiger charge is -2.04. The summed E-state index contributed by atoms with van der Waals surface area (Å²) in [6.45, 7) is 7.10. The van der Waals surface area contributed by atoms with E-state index in [9.17, 15) is 0 Å². The first kappa shape index (κ1) is 13.6. The van der Waals surface area contributed by atoms with Gasteiger partial charge in [0.1, 0.15) is 17.5 Å². The highest BCUT2D eigenvalue weighted by atomic mass is 16.3. The van der Waals surface area contributed by atoms with Gasteiger partial charge in [-0.2, -0.15) is 10.2 Å². The molecule has 0 amide bonds. The first-order valence-electron chi connectivity index (χ1n) is 6.75. The molecule has 4 heterocycles. The number of nitriles is 1. The summed E-state index contributed by atoms with van der Waals surface area (Å²) >= 11 is 0. The Kier molecular flexibility index (Phi) is 3.01. The smallest absolute Gasteiger partial charge is 0.308 e. The van der Waals surface area contributed by atoms with Crippen LogP contribution in [0.2, 0.25) is 0 Å². The molecule has 24 heavy (non-hydrogen) atoms. The lowest BCUT2D eigenvalue weighted by Crippen LogP contribution is -1.99. The highest BCUT2D eigenvalue weighted by Crippen LogP contribution is 2.31. The molecule has 0 aliphatic heterocycles. The van der Waals surface area contributed by atoms with Crippen LogP contribution in [0.1, 0.15) is 5.69 Å². The van der Waals surface area contributed by atoms with Crippen molar-refractivity contribution in [2.45, 2.75) is 0 Å². The van der Waals surface area contributed by atoms with Crippen LogP contribution in [0.5, 0.6) is 0 Å². The summed E-state index contributed by atoms with van der Waals surface area (Å²) < 4.78 is 10.8. The Morgan fingerprint density at radius 3 is 1.96 bits per heavy atom. The lowest BCUT2D eigenvalue weighted by atomic mass is 10.2. The molecular formula is C16H6N6O2. The van der Waals surface area contributed by atoms with E-state index in [1.165, 1.54) is 12.5 Å². The molecule has 0 N–H and O–H groups in total. The van der Waals surface area contributed by atoms with Crippen molar-refractivity contribution < 1.29 is 8.83 Å². The molecule has 0 radical (unpaired) electrons. The molecule has 0 atom stereocenters. The van der Waals surface area contributed by atoms with Crippen molar-refractivity contribution in [3.63, 3.8) is 0 Å². The van der Waals surface area contributed by atoms with Crippen LogP contribution in [0.15, 0.2) is 45.6 Å². The van der Waals surface area contributed by atoms with Gasteiger partial charge in [0.25, 0.3) is 5.65 Å². The number of aromatic nitrogens is 4. The van der Waals surface area contributed by atoms with E-state index < -0.39 is 0 Å². The Bertz CT molecular complexity index is 1030. The summed E-state index contributed by atoms with van der Waals surface area (Å²) in [5.41, 5.74) is 1.04. The number of rotatable bonds is 2. The van der Waals surface area contributed by atoms with Crippen LogP contribution < -0.4 is 0 Å². The SMILES string of the molecule is [C-]#[N+]c1nc2nc(-c3ccco3)c(-c3ccco3)nc2nc1C#N. The van der Waals surface area contributed by atoms with Gasteiger partial charge in [0, 0.05) is 0 Å². The Hall–Kier alpha value is -4.04. The van der Waals surface area contributed by atoms with Gasteiger partial charge in [0.2, 0.25) is 5.65 Å². The summed E-state index contributed by atoms with van der Waals surface area (Å²) in [5.74, 6) is 0.840. The van der Waals surface area contributed by atoms with Crippen molar-refractivity contribution in [1.29, 1.82) is 5.26 Å². The molecule has 4 aromatic rings. The standard InChI is InChI=1S/C16H6N6O2/c1-18-14-9(8-17)19-15-16(22-14)21-13(11-5-3-7-24-11)12(20-15)10-4-2-6-23-10/h2-7H. The van der Waals surface area contributed by atoms with E-state index in [-0.39, 0.29) is 22.8 Å². The third-order valence-corrected chi connectivity index (χ3v) is 3.22. The fourth-order valence-electron chi connectivity index (χ4n) is 2.20.